The van der Waals surface area contributed by atoms with Gasteiger partial charge in [0.25, 0.3) is 0 Å². The van der Waals surface area contributed by atoms with Gasteiger partial charge in [0.05, 0.1) is 12.4 Å². The lowest BCUT2D eigenvalue weighted by Crippen LogP contribution is -2.11. The normalized spacial score (nSPS) is 12.4. The molecule has 2 heteroatoms. The lowest BCUT2D eigenvalue weighted by molar-refractivity contribution is 0.681. The molecule has 0 bridgehead atoms. The highest BCUT2D eigenvalue weighted by atomic mass is 15.1. The first-order chi connectivity index (χ1) is 10.9. The molecule has 0 saturated heterocycles. The molecule has 0 fully saturated rings. The fraction of sp³-hybridized carbons (Fsp3) is 0.0500. The monoisotopic (exact) mass is 284 g/mol. The van der Waals surface area contributed by atoms with Crippen molar-refractivity contribution in [2.75, 3.05) is 0 Å². The third-order valence-corrected chi connectivity index (χ3v) is 4.06. The van der Waals surface area contributed by atoms with E-state index < -0.39 is 0 Å². The molecule has 1 unspecified atom stereocenters. The van der Waals surface area contributed by atoms with Gasteiger partial charge in [-0.3, -0.25) is 0 Å². The van der Waals surface area contributed by atoms with Crippen molar-refractivity contribution in [2.24, 2.45) is 0 Å². The number of hydrogen-bond acceptors (Lipinski definition) is 1. The standard InChI is InChI=1S/C20H16N2/c1-2-8-17(9-3-1)20(22-14-13-21-15-22)19-12-6-10-16-7-4-5-11-18(16)19/h1-15,20H. The number of rotatable bonds is 3. The SMILES string of the molecule is c1ccc(C(c2cccc3ccccc23)n2ccnc2)cc1. The van der Waals surface area contributed by atoms with Gasteiger partial charge in [0.15, 0.2) is 0 Å². The average Bonchev–Trinajstić information content (AvgIpc) is 3.11. The summed E-state index contributed by atoms with van der Waals surface area (Å²) in [6.45, 7) is 0. The molecule has 4 aromatic rings. The van der Waals surface area contributed by atoms with Crippen LogP contribution in [0.3, 0.4) is 0 Å². The van der Waals surface area contributed by atoms with Crippen LogP contribution >= 0.6 is 0 Å². The van der Waals surface area contributed by atoms with Gasteiger partial charge in [-0.15, -0.1) is 0 Å². The van der Waals surface area contributed by atoms with Gasteiger partial charge < -0.3 is 4.57 Å². The van der Waals surface area contributed by atoms with Gasteiger partial charge in [0, 0.05) is 12.4 Å². The minimum absolute atomic E-state index is 0.134. The Morgan fingerprint density at radius 2 is 1.55 bits per heavy atom. The Morgan fingerprint density at radius 3 is 2.36 bits per heavy atom. The van der Waals surface area contributed by atoms with E-state index in [-0.39, 0.29) is 6.04 Å². The highest BCUT2D eigenvalue weighted by Gasteiger charge is 2.17. The maximum absolute atomic E-state index is 4.24. The second-order valence-electron chi connectivity index (χ2n) is 5.39. The number of imidazole rings is 1. The molecule has 106 valence electrons. The van der Waals surface area contributed by atoms with E-state index in [9.17, 15) is 0 Å². The molecule has 22 heavy (non-hydrogen) atoms. The van der Waals surface area contributed by atoms with E-state index in [2.05, 4.69) is 82.3 Å². The number of benzene rings is 3. The molecule has 0 aliphatic carbocycles. The maximum Gasteiger partial charge on any atom is 0.0954 e. The number of fused-ring (bicyclic) bond motifs is 1. The molecule has 0 N–H and O–H groups in total. The first-order valence-corrected chi connectivity index (χ1v) is 7.43. The molecule has 4 rings (SSSR count). The number of nitrogens with zero attached hydrogens (tertiary/aromatic N) is 2. The largest absolute Gasteiger partial charge is 0.326 e. The Balaban J connectivity index is 1.98. The van der Waals surface area contributed by atoms with Crippen LogP contribution in [0.15, 0.2) is 91.5 Å². The molecule has 0 radical (unpaired) electrons. The molecule has 0 amide bonds. The van der Waals surface area contributed by atoms with E-state index in [1.54, 1.807) is 0 Å². The van der Waals surface area contributed by atoms with Crippen molar-refractivity contribution in [2.45, 2.75) is 6.04 Å². The highest BCUT2D eigenvalue weighted by Crippen LogP contribution is 2.31. The lowest BCUT2D eigenvalue weighted by atomic mass is 9.93. The van der Waals surface area contributed by atoms with E-state index in [4.69, 9.17) is 0 Å². The fourth-order valence-electron chi connectivity index (χ4n) is 3.06. The van der Waals surface area contributed by atoms with Gasteiger partial charge in [-0.2, -0.15) is 0 Å². The topological polar surface area (TPSA) is 17.8 Å². The van der Waals surface area contributed by atoms with Gasteiger partial charge in [-0.1, -0.05) is 72.8 Å². The van der Waals surface area contributed by atoms with Crippen molar-refractivity contribution in [1.82, 2.24) is 9.55 Å². The fourth-order valence-corrected chi connectivity index (χ4v) is 3.06. The van der Waals surface area contributed by atoms with Gasteiger partial charge >= 0.3 is 0 Å². The van der Waals surface area contributed by atoms with Crippen molar-refractivity contribution in [1.29, 1.82) is 0 Å². The zero-order valence-electron chi connectivity index (χ0n) is 12.1. The summed E-state index contributed by atoms with van der Waals surface area (Å²) in [5, 5.41) is 2.55. The Hall–Kier alpha value is -2.87. The minimum atomic E-state index is 0.134. The molecule has 0 spiro atoms. The van der Waals surface area contributed by atoms with E-state index in [0.29, 0.717) is 0 Å². The summed E-state index contributed by atoms with van der Waals surface area (Å²) in [6, 6.07) is 25.7. The third-order valence-electron chi connectivity index (χ3n) is 4.06. The van der Waals surface area contributed by atoms with Crippen molar-refractivity contribution in [3.63, 3.8) is 0 Å². The van der Waals surface area contributed by atoms with Crippen LogP contribution in [0.25, 0.3) is 10.8 Å². The lowest BCUT2D eigenvalue weighted by Gasteiger charge is -2.21. The predicted octanol–water partition coefficient (Wildman–Crippen LogP) is 4.67. The third kappa shape index (κ3) is 2.19. The first-order valence-electron chi connectivity index (χ1n) is 7.43. The smallest absolute Gasteiger partial charge is 0.0954 e. The van der Waals surface area contributed by atoms with Gasteiger partial charge in [-0.25, -0.2) is 4.98 Å². The summed E-state index contributed by atoms with van der Waals surface area (Å²) in [5.74, 6) is 0. The van der Waals surface area contributed by atoms with E-state index >= 15 is 0 Å². The van der Waals surface area contributed by atoms with E-state index in [1.165, 1.54) is 21.9 Å². The van der Waals surface area contributed by atoms with Crippen LogP contribution in [0.4, 0.5) is 0 Å². The van der Waals surface area contributed by atoms with Crippen LogP contribution < -0.4 is 0 Å². The van der Waals surface area contributed by atoms with Gasteiger partial charge in [-0.05, 0) is 21.9 Å². The molecular weight excluding hydrogens is 268 g/mol. The molecule has 3 aromatic carbocycles. The predicted molar refractivity (Wildman–Crippen MR) is 89.9 cm³/mol. The number of aromatic nitrogens is 2. The van der Waals surface area contributed by atoms with Crippen molar-refractivity contribution < 1.29 is 0 Å². The molecule has 0 aliphatic heterocycles. The average molecular weight is 284 g/mol. The molecular formula is C20H16N2. The molecule has 0 saturated carbocycles. The van der Waals surface area contributed by atoms with Crippen molar-refractivity contribution in [3.8, 4) is 0 Å². The minimum Gasteiger partial charge on any atom is -0.326 e. The highest BCUT2D eigenvalue weighted by molar-refractivity contribution is 5.86. The van der Waals surface area contributed by atoms with Crippen LogP contribution in [0.2, 0.25) is 0 Å². The first kappa shape index (κ1) is 12.8. The Kier molecular flexibility index (Phi) is 3.20. The summed E-state index contributed by atoms with van der Waals surface area (Å²) in [6.07, 6.45) is 5.75. The molecule has 0 aliphatic rings. The molecule has 2 nitrogen and oxygen atoms in total. The second kappa shape index (κ2) is 5.49. The van der Waals surface area contributed by atoms with Crippen LogP contribution in [-0.4, -0.2) is 9.55 Å². The van der Waals surface area contributed by atoms with Crippen molar-refractivity contribution >= 4 is 10.8 Å². The van der Waals surface area contributed by atoms with E-state index in [0.717, 1.165) is 0 Å². The quantitative estimate of drug-likeness (QED) is 0.534. The Morgan fingerprint density at radius 1 is 0.773 bits per heavy atom. The summed E-state index contributed by atoms with van der Waals surface area (Å²) >= 11 is 0. The summed E-state index contributed by atoms with van der Waals surface area (Å²) in [4.78, 5) is 4.24. The van der Waals surface area contributed by atoms with Crippen LogP contribution in [0.5, 0.6) is 0 Å². The Bertz CT molecular complexity index is 875. The zero-order chi connectivity index (χ0) is 14.8. The summed E-state index contributed by atoms with van der Waals surface area (Å²) < 4.78 is 2.16. The summed E-state index contributed by atoms with van der Waals surface area (Å²) in [5.41, 5.74) is 2.55. The summed E-state index contributed by atoms with van der Waals surface area (Å²) in [7, 11) is 0. The number of hydrogen-bond donors (Lipinski definition) is 0. The molecule has 1 atom stereocenters. The van der Waals surface area contributed by atoms with Crippen LogP contribution in [0, 0.1) is 0 Å². The zero-order valence-corrected chi connectivity index (χ0v) is 12.1. The second-order valence-corrected chi connectivity index (χ2v) is 5.39. The van der Waals surface area contributed by atoms with Crippen LogP contribution in [-0.2, 0) is 0 Å². The molecule has 1 aromatic heterocycles. The van der Waals surface area contributed by atoms with Gasteiger partial charge in [0.1, 0.15) is 0 Å². The Labute approximate surface area is 129 Å². The molecule has 1 heterocycles. The maximum atomic E-state index is 4.24. The van der Waals surface area contributed by atoms with E-state index in [1.807, 2.05) is 18.7 Å². The van der Waals surface area contributed by atoms with Gasteiger partial charge in [0.2, 0.25) is 0 Å². The van der Waals surface area contributed by atoms with Crippen molar-refractivity contribution in [3.05, 3.63) is 103 Å². The van der Waals surface area contributed by atoms with Crippen LogP contribution in [0.1, 0.15) is 17.2 Å².